The Bertz CT molecular complexity index is 1210. The van der Waals surface area contributed by atoms with E-state index in [1.807, 2.05) is 24.3 Å². The molecule has 0 aliphatic carbocycles. The van der Waals surface area contributed by atoms with E-state index in [1.54, 1.807) is 48.5 Å². The third-order valence-electron chi connectivity index (χ3n) is 5.19. The predicted octanol–water partition coefficient (Wildman–Crippen LogP) is 6.55. The zero-order chi connectivity index (χ0) is 26.5. The average Bonchev–Trinajstić information content (AvgIpc) is 2.88. The van der Waals surface area contributed by atoms with Crippen LogP contribution in [0.4, 0.5) is 11.4 Å². The van der Waals surface area contributed by atoms with Gasteiger partial charge >= 0.3 is 0 Å². The van der Waals surface area contributed by atoms with Crippen molar-refractivity contribution in [3.05, 3.63) is 82.8 Å². The Balaban J connectivity index is 1.53. The number of carbonyl (C=O) groups excluding carboxylic acids is 2. The topological polar surface area (TPSA) is 88.7 Å². The van der Waals surface area contributed by atoms with Gasteiger partial charge in [-0.2, -0.15) is 0 Å². The lowest BCUT2D eigenvalue weighted by molar-refractivity contribution is -0.118. The van der Waals surface area contributed by atoms with E-state index in [9.17, 15) is 9.59 Å². The van der Waals surface area contributed by atoms with Crippen LogP contribution in [0, 0.1) is 0 Å². The summed E-state index contributed by atoms with van der Waals surface area (Å²) < 4.78 is 12.1. The minimum Gasteiger partial charge on any atom is -0.493 e. The van der Waals surface area contributed by atoms with Crippen LogP contribution in [0.3, 0.4) is 0 Å². The summed E-state index contributed by atoms with van der Waals surface area (Å²) in [6.07, 6.45) is 4.32. The highest BCUT2D eigenvalue weighted by molar-refractivity contribution is 9.10. The highest BCUT2D eigenvalue weighted by Gasteiger charge is 2.15. The van der Waals surface area contributed by atoms with Crippen molar-refractivity contribution in [1.29, 1.82) is 0 Å². The number of benzene rings is 3. The van der Waals surface area contributed by atoms with E-state index in [4.69, 9.17) is 21.7 Å². The first-order valence-corrected chi connectivity index (χ1v) is 13.3. The second-order valence-electron chi connectivity index (χ2n) is 8.19. The number of thiocarbonyl (C=S) groups is 1. The van der Waals surface area contributed by atoms with E-state index in [0.29, 0.717) is 35.0 Å². The monoisotopic (exact) mass is 583 g/mol. The molecule has 9 heteroatoms. The Morgan fingerprint density at radius 1 is 0.865 bits per heavy atom. The smallest absolute Gasteiger partial charge is 0.262 e. The van der Waals surface area contributed by atoms with Crippen molar-refractivity contribution in [2.75, 3.05) is 23.8 Å². The maximum Gasteiger partial charge on any atom is 0.262 e. The third kappa shape index (κ3) is 9.86. The van der Waals surface area contributed by atoms with E-state index in [1.165, 1.54) is 0 Å². The second-order valence-corrected chi connectivity index (χ2v) is 9.51. The van der Waals surface area contributed by atoms with E-state index in [0.717, 1.165) is 30.2 Å². The molecular weight excluding hydrogens is 554 g/mol. The molecule has 0 radical (unpaired) electrons. The van der Waals surface area contributed by atoms with E-state index >= 15 is 0 Å². The largest absolute Gasteiger partial charge is 0.493 e. The number of amides is 2. The Kier molecular flexibility index (Phi) is 11.4. The van der Waals surface area contributed by atoms with Crippen LogP contribution in [0.15, 0.2) is 77.3 Å². The fraction of sp³-hybridized carbons (Fsp3) is 0.250. The minimum atomic E-state index is -0.384. The quantitative estimate of drug-likeness (QED) is 0.165. The number of carbonyl (C=O) groups is 2. The molecule has 0 aliphatic heterocycles. The van der Waals surface area contributed by atoms with Gasteiger partial charge in [0.15, 0.2) is 11.7 Å². The van der Waals surface area contributed by atoms with Gasteiger partial charge in [0.2, 0.25) is 0 Å². The number of hydrogen-bond donors (Lipinski definition) is 3. The first-order chi connectivity index (χ1) is 17.9. The van der Waals surface area contributed by atoms with Crippen LogP contribution in [0.25, 0.3) is 0 Å². The lowest BCUT2D eigenvalue weighted by Gasteiger charge is -2.14. The molecule has 0 fully saturated rings. The SMILES string of the molecule is CCCCCCOc1ccc(Br)cc1C(=O)NC(=S)Nc1cccc(NC(=O)COc2ccccc2)c1. The Labute approximate surface area is 231 Å². The van der Waals surface area contributed by atoms with E-state index in [2.05, 4.69) is 38.8 Å². The molecular formula is C28H30BrN3O4S. The van der Waals surface area contributed by atoms with Crippen molar-refractivity contribution < 1.29 is 19.1 Å². The zero-order valence-corrected chi connectivity index (χ0v) is 23.0. The number of anilines is 2. The Morgan fingerprint density at radius 3 is 2.38 bits per heavy atom. The second kappa shape index (κ2) is 15.0. The van der Waals surface area contributed by atoms with Gasteiger partial charge in [0.25, 0.3) is 11.8 Å². The highest BCUT2D eigenvalue weighted by Crippen LogP contribution is 2.24. The number of halogens is 1. The van der Waals surface area contributed by atoms with E-state index < -0.39 is 0 Å². The fourth-order valence-electron chi connectivity index (χ4n) is 3.39. The average molecular weight is 585 g/mol. The molecule has 0 heterocycles. The summed E-state index contributed by atoms with van der Waals surface area (Å²) in [7, 11) is 0. The first-order valence-electron chi connectivity index (χ1n) is 12.1. The summed E-state index contributed by atoms with van der Waals surface area (Å²) in [6, 6.07) is 21.4. The molecule has 0 saturated heterocycles. The molecule has 0 atom stereocenters. The van der Waals surface area contributed by atoms with Crippen LogP contribution in [-0.4, -0.2) is 30.1 Å². The fourth-order valence-corrected chi connectivity index (χ4v) is 3.96. The number of unbranched alkanes of at least 4 members (excludes halogenated alkanes) is 3. The van der Waals surface area contributed by atoms with Crippen LogP contribution in [-0.2, 0) is 4.79 Å². The van der Waals surface area contributed by atoms with Crippen molar-refractivity contribution in [2.45, 2.75) is 32.6 Å². The molecule has 3 rings (SSSR count). The van der Waals surface area contributed by atoms with Crippen LogP contribution >= 0.6 is 28.1 Å². The molecule has 3 N–H and O–H groups in total. The Morgan fingerprint density at radius 2 is 1.62 bits per heavy atom. The number of ether oxygens (including phenoxy) is 2. The maximum absolute atomic E-state index is 12.9. The van der Waals surface area contributed by atoms with Crippen LogP contribution in [0.2, 0.25) is 0 Å². The minimum absolute atomic E-state index is 0.119. The van der Waals surface area contributed by atoms with Gasteiger partial charge in [-0.15, -0.1) is 0 Å². The summed E-state index contributed by atoms with van der Waals surface area (Å²) in [5, 5.41) is 8.58. The van der Waals surface area contributed by atoms with Crippen molar-refractivity contribution in [3.63, 3.8) is 0 Å². The molecule has 2 amide bonds. The maximum atomic E-state index is 12.9. The van der Waals surface area contributed by atoms with Crippen molar-refractivity contribution >= 4 is 56.4 Å². The third-order valence-corrected chi connectivity index (χ3v) is 5.88. The van der Waals surface area contributed by atoms with Crippen molar-refractivity contribution in [1.82, 2.24) is 5.32 Å². The molecule has 3 aromatic carbocycles. The Hall–Kier alpha value is -3.43. The molecule has 0 spiro atoms. The van der Waals surface area contributed by atoms with Gasteiger partial charge in [0.1, 0.15) is 11.5 Å². The van der Waals surface area contributed by atoms with Crippen molar-refractivity contribution in [2.24, 2.45) is 0 Å². The van der Waals surface area contributed by atoms with Crippen molar-refractivity contribution in [3.8, 4) is 11.5 Å². The lowest BCUT2D eigenvalue weighted by Crippen LogP contribution is -2.34. The summed E-state index contributed by atoms with van der Waals surface area (Å²) >= 11 is 8.76. The van der Waals surface area contributed by atoms with Gasteiger partial charge in [-0.05, 0) is 67.2 Å². The number of nitrogens with one attached hydrogen (secondary N) is 3. The van der Waals surface area contributed by atoms with Gasteiger partial charge in [-0.1, -0.05) is 66.4 Å². The molecule has 0 bridgehead atoms. The molecule has 194 valence electrons. The van der Waals surface area contributed by atoms with Gasteiger partial charge in [0.05, 0.1) is 12.2 Å². The van der Waals surface area contributed by atoms with Gasteiger partial charge < -0.3 is 20.1 Å². The summed E-state index contributed by atoms with van der Waals surface area (Å²) in [4.78, 5) is 25.2. The summed E-state index contributed by atoms with van der Waals surface area (Å²) in [6.45, 7) is 2.58. The van der Waals surface area contributed by atoms with Crippen LogP contribution < -0.4 is 25.4 Å². The number of para-hydroxylation sites is 1. The molecule has 0 unspecified atom stereocenters. The van der Waals surface area contributed by atoms with Gasteiger partial charge in [-0.3, -0.25) is 14.9 Å². The van der Waals surface area contributed by atoms with Crippen LogP contribution in [0.1, 0.15) is 43.0 Å². The molecule has 0 saturated carbocycles. The standard InChI is InChI=1S/C28H30BrN3O4S/c1-2-3-4-8-16-35-25-15-14-20(29)17-24(25)27(34)32-28(37)31-22-11-9-10-21(18-22)30-26(33)19-36-23-12-6-5-7-13-23/h5-7,9-15,17-18H,2-4,8,16,19H2,1H3,(H,30,33)(H2,31,32,34,37). The highest BCUT2D eigenvalue weighted by atomic mass is 79.9. The predicted molar refractivity (Wildman–Crippen MR) is 154 cm³/mol. The molecule has 7 nitrogen and oxygen atoms in total. The molecule has 37 heavy (non-hydrogen) atoms. The summed E-state index contributed by atoms with van der Waals surface area (Å²) in [5.74, 6) is 0.436. The lowest BCUT2D eigenvalue weighted by atomic mass is 10.2. The first kappa shape index (κ1) is 28.1. The summed E-state index contributed by atoms with van der Waals surface area (Å²) in [5.41, 5.74) is 1.55. The van der Waals surface area contributed by atoms with Gasteiger partial charge in [0, 0.05) is 15.8 Å². The normalized spacial score (nSPS) is 10.3. The number of rotatable bonds is 12. The van der Waals surface area contributed by atoms with E-state index in [-0.39, 0.29) is 23.5 Å². The number of hydrogen-bond acceptors (Lipinski definition) is 5. The molecule has 0 aromatic heterocycles. The molecule has 0 aliphatic rings. The molecule has 3 aromatic rings. The van der Waals surface area contributed by atoms with Gasteiger partial charge in [-0.25, -0.2) is 0 Å². The zero-order valence-electron chi connectivity index (χ0n) is 20.6. The van der Waals surface area contributed by atoms with Crippen LogP contribution in [0.5, 0.6) is 11.5 Å².